The molecule has 3 aromatic carbocycles. The lowest BCUT2D eigenvalue weighted by Crippen LogP contribution is -2.33. The van der Waals surface area contributed by atoms with Crippen molar-refractivity contribution < 1.29 is 34.0 Å². The first kappa shape index (κ1) is 22.7. The smallest absolute Gasteiger partial charge is 0.340 e. The summed E-state index contributed by atoms with van der Waals surface area (Å²) in [4.78, 5) is 25.5. The maximum absolute atomic E-state index is 13.0. The second-order valence-corrected chi connectivity index (χ2v) is 8.49. The normalized spacial score (nSPS) is 14.5. The highest BCUT2D eigenvalue weighted by atomic mass is 16.6. The highest BCUT2D eigenvalue weighted by molar-refractivity contribution is 5.97. The van der Waals surface area contributed by atoms with E-state index in [9.17, 15) is 19.8 Å². The molecule has 8 nitrogen and oxygen atoms in total. The van der Waals surface area contributed by atoms with Gasteiger partial charge in [0.05, 0.1) is 12.0 Å². The summed E-state index contributed by atoms with van der Waals surface area (Å²) in [6.45, 7) is 3.67. The van der Waals surface area contributed by atoms with Gasteiger partial charge in [-0.15, -0.1) is 0 Å². The van der Waals surface area contributed by atoms with Crippen LogP contribution in [0.1, 0.15) is 46.0 Å². The van der Waals surface area contributed by atoms with E-state index in [-0.39, 0.29) is 23.8 Å². The van der Waals surface area contributed by atoms with Crippen molar-refractivity contribution in [2.75, 3.05) is 19.8 Å². The van der Waals surface area contributed by atoms with Crippen molar-refractivity contribution in [3.8, 4) is 23.0 Å². The van der Waals surface area contributed by atoms with Crippen LogP contribution in [0.5, 0.6) is 23.0 Å². The van der Waals surface area contributed by atoms with Crippen LogP contribution in [-0.4, -0.2) is 41.8 Å². The molecule has 2 aliphatic rings. The van der Waals surface area contributed by atoms with Crippen LogP contribution in [-0.2, 0) is 26.3 Å². The summed E-state index contributed by atoms with van der Waals surface area (Å²) in [6.07, 6.45) is 0.857. The zero-order valence-corrected chi connectivity index (χ0v) is 19.2. The summed E-state index contributed by atoms with van der Waals surface area (Å²) in [5.41, 5.74) is 1.41. The number of phenolic OH excluding ortho intramolecular Hbond substituents is 2. The second-order valence-electron chi connectivity index (χ2n) is 8.49. The Morgan fingerprint density at radius 1 is 0.971 bits per heavy atom. The fourth-order valence-electron chi connectivity index (χ4n) is 4.65. The third-order valence-corrected chi connectivity index (χ3v) is 6.19. The SMILES string of the molecule is CCOCCCNC(=O)Cc1ccc2c(c1)C1(OC2=O)c2ccc(O)cc2Oc2cc(O)ccc21. The third kappa shape index (κ3) is 3.95. The molecular weight excluding hydrogens is 450 g/mol. The van der Waals surface area contributed by atoms with Crippen molar-refractivity contribution in [3.63, 3.8) is 0 Å². The van der Waals surface area contributed by atoms with E-state index in [4.69, 9.17) is 14.2 Å². The van der Waals surface area contributed by atoms with Crippen LogP contribution < -0.4 is 10.1 Å². The van der Waals surface area contributed by atoms with Gasteiger partial charge in [-0.05, 0) is 55.3 Å². The minimum atomic E-state index is -1.35. The van der Waals surface area contributed by atoms with Crippen LogP contribution in [0.15, 0.2) is 54.6 Å². The topological polar surface area (TPSA) is 114 Å². The van der Waals surface area contributed by atoms with E-state index in [2.05, 4.69) is 5.32 Å². The predicted octanol–water partition coefficient (Wildman–Crippen LogP) is 3.75. The quantitative estimate of drug-likeness (QED) is 0.352. The fraction of sp³-hybridized carbons (Fsp3) is 0.259. The van der Waals surface area contributed by atoms with Gasteiger partial charge in [0.15, 0.2) is 5.60 Å². The Kier molecular flexibility index (Phi) is 5.82. The number of carbonyl (C=O) groups excluding carboxylic acids is 2. The van der Waals surface area contributed by atoms with Gasteiger partial charge in [0, 0.05) is 48.6 Å². The summed E-state index contributed by atoms with van der Waals surface area (Å²) in [6, 6.07) is 14.4. The maximum Gasteiger partial charge on any atom is 0.340 e. The maximum atomic E-state index is 13.0. The van der Waals surface area contributed by atoms with Crippen molar-refractivity contribution in [1.82, 2.24) is 5.32 Å². The first-order chi connectivity index (χ1) is 16.9. The number of fused-ring (bicyclic) bond motifs is 6. The molecule has 0 radical (unpaired) electrons. The van der Waals surface area contributed by atoms with Crippen LogP contribution in [0.25, 0.3) is 0 Å². The van der Waals surface area contributed by atoms with E-state index in [1.807, 2.05) is 6.92 Å². The zero-order valence-electron chi connectivity index (χ0n) is 19.2. The lowest BCUT2D eigenvalue weighted by Gasteiger charge is -2.36. The molecule has 180 valence electrons. The Bertz CT molecular complexity index is 1270. The molecule has 0 bridgehead atoms. The van der Waals surface area contributed by atoms with Crippen molar-refractivity contribution in [2.24, 2.45) is 0 Å². The van der Waals surface area contributed by atoms with Gasteiger partial charge in [-0.25, -0.2) is 4.79 Å². The van der Waals surface area contributed by atoms with Gasteiger partial charge in [-0.3, -0.25) is 4.79 Å². The van der Waals surface area contributed by atoms with Gasteiger partial charge in [0.2, 0.25) is 5.91 Å². The zero-order chi connectivity index (χ0) is 24.6. The molecule has 0 saturated carbocycles. The van der Waals surface area contributed by atoms with Crippen LogP contribution in [0.4, 0.5) is 0 Å². The summed E-state index contributed by atoms with van der Waals surface area (Å²) in [5.74, 6) is -0.0544. The summed E-state index contributed by atoms with van der Waals surface area (Å²) in [5, 5.41) is 23.0. The number of hydrogen-bond donors (Lipinski definition) is 3. The molecule has 2 heterocycles. The standard InChI is InChI=1S/C27H25NO7/c1-2-33-11-3-10-28-25(31)13-16-4-7-19-22(12-16)27(35-26(19)32)20-8-5-17(29)14-23(20)34-24-15-18(30)6-9-21(24)27/h4-9,12,14-15,29-30H,2-3,10-11,13H2,1H3,(H,28,31). The average Bonchev–Trinajstić information content (AvgIpc) is 3.10. The summed E-state index contributed by atoms with van der Waals surface area (Å²) >= 11 is 0. The lowest BCUT2D eigenvalue weighted by molar-refractivity contribution is -0.120. The molecule has 5 rings (SSSR count). The number of hydrogen-bond acceptors (Lipinski definition) is 7. The molecule has 35 heavy (non-hydrogen) atoms. The largest absolute Gasteiger partial charge is 0.508 e. The average molecular weight is 475 g/mol. The highest BCUT2D eigenvalue weighted by Crippen LogP contribution is 2.57. The van der Waals surface area contributed by atoms with Gasteiger partial charge in [0.25, 0.3) is 0 Å². The monoisotopic (exact) mass is 475 g/mol. The van der Waals surface area contributed by atoms with Crippen LogP contribution >= 0.6 is 0 Å². The molecule has 0 aliphatic carbocycles. The van der Waals surface area contributed by atoms with Crippen molar-refractivity contribution in [1.29, 1.82) is 0 Å². The molecule has 0 atom stereocenters. The number of phenols is 2. The molecule has 1 amide bonds. The minimum absolute atomic E-state index is 0.0122. The molecule has 1 spiro atoms. The lowest BCUT2D eigenvalue weighted by atomic mass is 9.77. The number of benzene rings is 3. The number of nitrogens with one attached hydrogen (secondary N) is 1. The number of amides is 1. The molecule has 0 aromatic heterocycles. The van der Waals surface area contributed by atoms with Gasteiger partial charge >= 0.3 is 5.97 Å². The number of carbonyl (C=O) groups is 2. The molecule has 3 N–H and O–H groups in total. The van der Waals surface area contributed by atoms with E-state index >= 15 is 0 Å². The molecule has 2 aliphatic heterocycles. The minimum Gasteiger partial charge on any atom is -0.508 e. The predicted molar refractivity (Wildman–Crippen MR) is 126 cm³/mol. The molecule has 0 unspecified atom stereocenters. The molecule has 0 fully saturated rings. The fourth-order valence-corrected chi connectivity index (χ4v) is 4.65. The van der Waals surface area contributed by atoms with Gasteiger partial charge < -0.3 is 29.7 Å². The van der Waals surface area contributed by atoms with Crippen LogP contribution in [0, 0.1) is 0 Å². The number of aromatic hydroxyl groups is 2. The van der Waals surface area contributed by atoms with Gasteiger partial charge in [0.1, 0.15) is 23.0 Å². The Morgan fingerprint density at radius 3 is 2.31 bits per heavy atom. The third-order valence-electron chi connectivity index (χ3n) is 6.19. The van der Waals surface area contributed by atoms with E-state index < -0.39 is 11.6 Å². The van der Waals surface area contributed by atoms with E-state index in [0.29, 0.717) is 53.5 Å². The van der Waals surface area contributed by atoms with Crippen molar-refractivity contribution in [2.45, 2.75) is 25.4 Å². The van der Waals surface area contributed by atoms with E-state index in [0.717, 1.165) is 12.0 Å². The van der Waals surface area contributed by atoms with Gasteiger partial charge in [-0.2, -0.15) is 0 Å². The Balaban J connectivity index is 1.54. The highest BCUT2D eigenvalue weighted by Gasteiger charge is 2.53. The first-order valence-electron chi connectivity index (χ1n) is 11.5. The van der Waals surface area contributed by atoms with Crippen LogP contribution in [0.2, 0.25) is 0 Å². The Morgan fingerprint density at radius 2 is 1.66 bits per heavy atom. The van der Waals surface area contributed by atoms with Crippen molar-refractivity contribution in [3.05, 3.63) is 82.4 Å². The number of rotatable bonds is 7. The van der Waals surface area contributed by atoms with Crippen LogP contribution in [0.3, 0.4) is 0 Å². The molecular formula is C27H25NO7. The van der Waals surface area contributed by atoms with E-state index in [1.54, 1.807) is 30.3 Å². The second kappa shape index (κ2) is 8.96. The summed E-state index contributed by atoms with van der Waals surface area (Å²) < 4.78 is 17.3. The molecule has 3 aromatic rings. The van der Waals surface area contributed by atoms with Crippen molar-refractivity contribution >= 4 is 11.9 Å². The molecule has 8 heteroatoms. The Hall–Kier alpha value is -4.04. The Labute approximate surface area is 202 Å². The number of ether oxygens (including phenoxy) is 3. The molecule has 0 saturated heterocycles. The van der Waals surface area contributed by atoms with E-state index in [1.165, 1.54) is 24.3 Å². The summed E-state index contributed by atoms with van der Waals surface area (Å²) in [7, 11) is 0. The number of esters is 1. The van der Waals surface area contributed by atoms with Gasteiger partial charge in [-0.1, -0.05) is 6.07 Å². The first-order valence-corrected chi connectivity index (χ1v) is 11.5.